The number of aromatic nitrogens is 2. The van der Waals surface area contributed by atoms with Gasteiger partial charge in [0.15, 0.2) is 12.4 Å². The van der Waals surface area contributed by atoms with Crippen LogP contribution in [0.4, 0.5) is 0 Å². The second-order valence-electron chi connectivity index (χ2n) is 4.74. The zero-order valence-corrected chi connectivity index (χ0v) is 12.0. The molecule has 0 atom stereocenters. The topological polar surface area (TPSA) is 71.9 Å². The molecule has 5 nitrogen and oxygen atoms in total. The predicted molar refractivity (Wildman–Crippen MR) is 80.0 cm³/mol. The van der Waals surface area contributed by atoms with Crippen LogP contribution in [0.1, 0.15) is 17.3 Å². The Bertz CT molecular complexity index is 799. The highest BCUT2D eigenvalue weighted by atomic mass is 16.5. The molecule has 0 spiro atoms. The molecule has 1 aromatic heterocycles. The summed E-state index contributed by atoms with van der Waals surface area (Å²) in [6.07, 6.45) is 0. The molecule has 22 heavy (non-hydrogen) atoms. The third-order valence-electron chi connectivity index (χ3n) is 3.13. The zero-order chi connectivity index (χ0) is 15.4. The molecule has 108 valence electrons. The minimum atomic E-state index is 0.247. The van der Waals surface area contributed by atoms with Gasteiger partial charge >= 0.3 is 0 Å². The van der Waals surface area contributed by atoms with Crippen LogP contribution < -0.4 is 4.74 Å². The summed E-state index contributed by atoms with van der Waals surface area (Å²) in [4.78, 5) is 4.08. The first kappa shape index (κ1) is 13.8. The number of rotatable bonds is 4. The van der Waals surface area contributed by atoms with Crippen molar-refractivity contribution in [3.63, 3.8) is 0 Å². The minimum Gasteiger partial charge on any atom is -0.484 e. The van der Waals surface area contributed by atoms with Crippen LogP contribution in [0.2, 0.25) is 0 Å². The fourth-order valence-corrected chi connectivity index (χ4v) is 2.02. The number of nitrogens with zero attached hydrogens (tertiary/aromatic N) is 3. The van der Waals surface area contributed by atoms with Crippen LogP contribution in [0, 0.1) is 18.3 Å². The van der Waals surface area contributed by atoms with Crippen molar-refractivity contribution >= 4 is 0 Å². The molecule has 3 rings (SSSR count). The van der Waals surface area contributed by atoms with Gasteiger partial charge in [-0.25, -0.2) is 0 Å². The minimum absolute atomic E-state index is 0.247. The molecule has 3 aromatic rings. The molecule has 0 aliphatic rings. The van der Waals surface area contributed by atoms with E-state index in [4.69, 9.17) is 14.5 Å². The highest BCUT2D eigenvalue weighted by molar-refractivity contribution is 5.64. The van der Waals surface area contributed by atoms with E-state index in [1.165, 1.54) is 0 Å². The Labute approximate surface area is 127 Å². The number of aryl methyl sites for hydroxylation is 1. The van der Waals surface area contributed by atoms with E-state index in [1.54, 1.807) is 19.1 Å². The molecule has 0 aliphatic heterocycles. The highest BCUT2D eigenvalue weighted by Crippen LogP contribution is 2.23. The van der Waals surface area contributed by atoms with Gasteiger partial charge in [0, 0.05) is 0 Å². The molecule has 2 aromatic carbocycles. The van der Waals surface area contributed by atoms with Crippen molar-refractivity contribution in [1.82, 2.24) is 10.1 Å². The van der Waals surface area contributed by atoms with E-state index in [9.17, 15) is 0 Å². The molecule has 0 saturated heterocycles. The Morgan fingerprint density at radius 3 is 2.23 bits per heavy atom. The molecule has 0 aliphatic carbocycles. The first-order valence-corrected chi connectivity index (χ1v) is 6.77. The second kappa shape index (κ2) is 6.10. The Morgan fingerprint density at radius 1 is 1.05 bits per heavy atom. The fraction of sp³-hybridized carbons (Fsp3) is 0.118. The Balaban J connectivity index is 1.68. The van der Waals surface area contributed by atoms with Crippen molar-refractivity contribution in [3.8, 4) is 22.9 Å². The first-order valence-electron chi connectivity index (χ1n) is 6.77. The molecule has 1 heterocycles. The van der Waals surface area contributed by atoms with Gasteiger partial charge in [0.1, 0.15) is 5.75 Å². The molecular weight excluding hydrogens is 278 g/mol. The third kappa shape index (κ3) is 3.13. The van der Waals surface area contributed by atoms with Gasteiger partial charge in [-0.3, -0.25) is 0 Å². The van der Waals surface area contributed by atoms with Crippen molar-refractivity contribution in [2.75, 3.05) is 0 Å². The van der Waals surface area contributed by atoms with Crippen molar-refractivity contribution in [2.24, 2.45) is 0 Å². The summed E-state index contributed by atoms with van der Waals surface area (Å²) < 4.78 is 10.6. The lowest BCUT2D eigenvalue weighted by Crippen LogP contribution is -1.95. The summed E-state index contributed by atoms with van der Waals surface area (Å²) in [5.41, 5.74) is 2.77. The van der Waals surface area contributed by atoms with Gasteiger partial charge in [-0.2, -0.15) is 10.2 Å². The number of hydrogen-bond donors (Lipinski definition) is 0. The maximum Gasteiger partial charge on any atom is 0.264 e. The van der Waals surface area contributed by atoms with Gasteiger partial charge in [-0.15, -0.1) is 0 Å². The maximum absolute atomic E-state index is 8.81. The summed E-state index contributed by atoms with van der Waals surface area (Å²) >= 11 is 0. The van der Waals surface area contributed by atoms with Gasteiger partial charge in [0.25, 0.3) is 5.89 Å². The second-order valence-corrected chi connectivity index (χ2v) is 4.74. The Morgan fingerprint density at radius 2 is 1.68 bits per heavy atom. The van der Waals surface area contributed by atoms with Crippen molar-refractivity contribution < 1.29 is 9.26 Å². The molecule has 0 bridgehead atoms. The van der Waals surface area contributed by atoms with Crippen LogP contribution in [0.3, 0.4) is 0 Å². The van der Waals surface area contributed by atoms with Gasteiger partial charge < -0.3 is 9.26 Å². The lowest BCUT2D eigenvalue weighted by molar-refractivity contribution is 0.242. The van der Waals surface area contributed by atoms with E-state index in [0.29, 0.717) is 17.3 Å². The van der Waals surface area contributed by atoms with Crippen molar-refractivity contribution in [2.45, 2.75) is 13.5 Å². The molecule has 0 N–H and O–H groups in total. The van der Waals surface area contributed by atoms with E-state index >= 15 is 0 Å². The van der Waals surface area contributed by atoms with Crippen LogP contribution in [0.25, 0.3) is 11.1 Å². The van der Waals surface area contributed by atoms with Crippen LogP contribution in [-0.4, -0.2) is 10.1 Å². The molecule has 0 fully saturated rings. The van der Waals surface area contributed by atoms with Crippen LogP contribution >= 0.6 is 0 Å². The quantitative estimate of drug-likeness (QED) is 0.735. The molecular formula is C17H13N3O2. The van der Waals surface area contributed by atoms with Gasteiger partial charge in [-0.05, 0) is 42.3 Å². The smallest absolute Gasteiger partial charge is 0.264 e. The summed E-state index contributed by atoms with van der Waals surface area (Å²) in [7, 11) is 0. The van der Waals surface area contributed by atoms with Gasteiger partial charge in [0.2, 0.25) is 0 Å². The lowest BCUT2D eigenvalue weighted by Gasteiger charge is -2.05. The first-order chi connectivity index (χ1) is 10.7. The fourth-order valence-electron chi connectivity index (χ4n) is 2.02. The van der Waals surface area contributed by atoms with E-state index in [2.05, 4.69) is 16.2 Å². The van der Waals surface area contributed by atoms with E-state index in [0.717, 1.165) is 16.9 Å². The zero-order valence-electron chi connectivity index (χ0n) is 12.0. The third-order valence-corrected chi connectivity index (χ3v) is 3.13. The van der Waals surface area contributed by atoms with E-state index < -0.39 is 0 Å². The normalized spacial score (nSPS) is 10.2. The number of hydrogen-bond acceptors (Lipinski definition) is 5. The van der Waals surface area contributed by atoms with Crippen molar-refractivity contribution in [3.05, 3.63) is 65.8 Å². The molecule has 5 heteroatoms. The molecule has 0 saturated carbocycles. The van der Waals surface area contributed by atoms with Gasteiger partial charge in [0.05, 0.1) is 11.6 Å². The average molecular weight is 291 g/mol. The van der Waals surface area contributed by atoms with Crippen molar-refractivity contribution in [1.29, 1.82) is 5.26 Å². The Kier molecular flexibility index (Phi) is 3.84. The van der Waals surface area contributed by atoms with Crippen LogP contribution in [0.5, 0.6) is 5.75 Å². The Hall–Kier alpha value is -3.13. The predicted octanol–water partition coefficient (Wildman–Crippen LogP) is 3.50. The van der Waals surface area contributed by atoms with E-state index in [-0.39, 0.29) is 6.61 Å². The monoisotopic (exact) mass is 291 g/mol. The summed E-state index contributed by atoms with van der Waals surface area (Å²) in [6, 6.07) is 17.3. The SMILES string of the molecule is Cc1noc(COc2ccc(-c3ccc(C#N)cc3)cc2)n1. The van der Waals surface area contributed by atoms with Crippen LogP contribution in [0.15, 0.2) is 53.1 Å². The standard InChI is InChI=1S/C17H13N3O2/c1-12-19-17(22-20-12)11-21-16-8-6-15(7-9-16)14-4-2-13(10-18)3-5-14/h2-9H,11H2,1H3. The summed E-state index contributed by atoms with van der Waals surface area (Å²) in [6.45, 7) is 2.01. The number of ether oxygens (including phenoxy) is 1. The summed E-state index contributed by atoms with van der Waals surface area (Å²) in [5.74, 6) is 1.77. The van der Waals surface area contributed by atoms with E-state index in [1.807, 2.05) is 36.4 Å². The number of nitriles is 1. The largest absolute Gasteiger partial charge is 0.484 e. The number of benzene rings is 2. The molecule has 0 unspecified atom stereocenters. The lowest BCUT2D eigenvalue weighted by atomic mass is 10.0. The van der Waals surface area contributed by atoms with Crippen LogP contribution in [-0.2, 0) is 6.61 Å². The maximum atomic E-state index is 8.81. The molecule has 0 amide bonds. The molecule has 0 radical (unpaired) electrons. The summed E-state index contributed by atoms with van der Waals surface area (Å²) in [5, 5.41) is 12.5. The van der Waals surface area contributed by atoms with Gasteiger partial charge in [-0.1, -0.05) is 29.4 Å². The highest BCUT2D eigenvalue weighted by Gasteiger charge is 2.04. The average Bonchev–Trinajstić information content (AvgIpc) is 2.99.